The molecule has 0 bridgehead atoms. The highest BCUT2D eigenvalue weighted by atomic mass is 32.2. The maximum atomic E-state index is 12.6. The summed E-state index contributed by atoms with van der Waals surface area (Å²) >= 11 is 0. The Morgan fingerprint density at radius 1 is 1.16 bits per heavy atom. The van der Waals surface area contributed by atoms with Gasteiger partial charge in [0.25, 0.3) is 10.0 Å². The van der Waals surface area contributed by atoms with Gasteiger partial charge >= 0.3 is 0 Å². The van der Waals surface area contributed by atoms with Gasteiger partial charge in [-0.1, -0.05) is 17.3 Å². The highest BCUT2D eigenvalue weighted by Gasteiger charge is 2.16. The molecule has 25 heavy (non-hydrogen) atoms. The Bertz CT molecular complexity index is 966. The average Bonchev–Trinajstić information content (AvgIpc) is 3.03. The van der Waals surface area contributed by atoms with Gasteiger partial charge in [-0.05, 0) is 43.3 Å². The number of aryl methyl sites for hydroxylation is 1. The monoisotopic (exact) mass is 359 g/mol. The number of benzene rings is 2. The molecule has 3 aromatic rings. The third-order valence-electron chi connectivity index (χ3n) is 3.35. The molecule has 0 fully saturated rings. The van der Waals surface area contributed by atoms with Crippen LogP contribution in [-0.4, -0.2) is 25.2 Å². The molecule has 0 spiro atoms. The Kier molecular flexibility index (Phi) is 4.71. The van der Waals surface area contributed by atoms with Crippen LogP contribution in [-0.2, 0) is 10.0 Å². The van der Waals surface area contributed by atoms with Crippen molar-refractivity contribution in [2.24, 2.45) is 0 Å². The molecule has 1 heterocycles. The van der Waals surface area contributed by atoms with E-state index in [0.717, 1.165) is 0 Å². The van der Waals surface area contributed by atoms with Crippen LogP contribution in [0.2, 0.25) is 0 Å². The van der Waals surface area contributed by atoms with E-state index in [1.807, 2.05) is 6.92 Å². The summed E-state index contributed by atoms with van der Waals surface area (Å²) in [6.07, 6.45) is 0. The molecule has 0 saturated heterocycles. The van der Waals surface area contributed by atoms with Gasteiger partial charge in [0.2, 0.25) is 11.7 Å². The smallest absolute Gasteiger partial charge is 0.261 e. The molecule has 1 N–H and O–H groups in total. The molecule has 3 rings (SSSR count). The van der Waals surface area contributed by atoms with Crippen molar-refractivity contribution in [3.8, 4) is 17.1 Å². The van der Waals surface area contributed by atoms with Crippen molar-refractivity contribution in [2.45, 2.75) is 18.7 Å². The molecule has 0 aliphatic rings. The Balaban J connectivity index is 1.84. The Hall–Kier alpha value is -2.87. The normalized spacial score (nSPS) is 11.3. The van der Waals surface area contributed by atoms with Crippen molar-refractivity contribution < 1.29 is 17.7 Å². The van der Waals surface area contributed by atoms with Gasteiger partial charge in [-0.15, -0.1) is 0 Å². The van der Waals surface area contributed by atoms with E-state index >= 15 is 0 Å². The van der Waals surface area contributed by atoms with Crippen LogP contribution >= 0.6 is 0 Å². The van der Waals surface area contributed by atoms with Crippen LogP contribution in [0.25, 0.3) is 11.4 Å². The van der Waals surface area contributed by atoms with Gasteiger partial charge in [-0.3, -0.25) is 4.72 Å². The lowest BCUT2D eigenvalue weighted by molar-refractivity contribution is 0.340. The summed E-state index contributed by atoms with van der Waals surface area (Å²) in [6, 6.07) is 13.1. The van der Waals surface area contributed by atoms with E-state index in [1.165, 1.54) is 12.1 Å². The zero-order valence-electron chi connectivity index (χ0n) is 13.8. The maximum Gasteiger partial charge on any atom is 0.261 e. The fourth-order valence-electron chi connectivity index (χ4n) is 2.22. The van der Waals surface area contributed by atoms with Crippen LogP contribution in [0.5, 0.6) is 5.75 Å². The van der Waals surface area contributed by atoms with Crippen LogP contribution in [0.4, 0.5) is 5.69 Å². The number of nitrogens with one attached hydrogen (secondary N) is 1. The maximum absolute atomic E-state index is 12.6. The summed E-state index contributed by atoms with van der Waals surface area (Å²) in [5, 5.41) is 3.81. The SMILES string of the molecule is CCOc1ccc(NS(=O)(=O)c2cccc(-c3noc(C)n3)c2)cc1. The van der Waals surface area contributed by atoms with Gasteiger partial charge in [-0.2, -0.15) is 4.98 Å². The lowest BCUT2D eigenvalue weighted by Crippen LogP contribution is -2.13. The largest absolute Gasteiger partial charge is 0.494 e. The molecule has 0 radical (unpaired) electrons. The van der Waals surface area contributed by atoms with Crippen molar-refractivity contribution in [3.63, 3.8) is 0 Å². The number of nitrogens with zero attached hydrogens (tertiary/aromatic N) is 2. The number of sulfonamides is 1. The predicted octanol–water partition coefficient (Wildman–Crippen LogP) is 3.24. The topological polar surface area (TPSA) is 94.3 Å². The molecule has 0 unspecified atom stereocenters. The molecule has 0 aliphatic heterocycles. The second kappa shape index (κ2) is 6.94. The first-order valence-corrected chi connectivity index (χ1v) is 9.12. The molecule has 7 nitrogen and oxygen atoms in total. The third-order valence-corrected chi connectivity index (χ3v) is 4.73. The first-order valence-electron chi connectivity index (χ1n) is 7.64. The lowest BCUT2D eigenvalue weighted by Gasteiger charge is -2.09. The fraction of sp³-hybridized carbons (Fsp3) is 0.176. The molecule has 0 amide bonds. The standard InChI is InChI=1S/C17H17N3O4S/c1-3-23-15-9-7-14(8-10-15)20-25(21,22)16-6-4-5-13(11-16)17-18-12(2)24-19-17/h4-11,20H,3H2,1-2H3. The summed E-state index contributed by atoms with van der Waals surface area (Å²) < 4.78 is 38.0. The van der Waals surface area contributed by atoms with Gasteiger partial charge < -0.3 is 9.26 Å². The minimum absolute atomic E-state index is 0.112. The number of hydrogen-bond acceptors (Lipinski definition) is 6. The molecule has 0 atom stereocenters. The van der Waals surface area contributed by atoms with E-state index in [2.05, 4.69) is 14.9 Å². The van der Waals surface area contributed by atoms with Gasteiger partial charge in [0.15, 0.2) is 0 Å². The number of rotatable bonds is 6. The highest BCUT2D eigenvalue weighted by molar-refractivity contribution is 7.92. The summed E-state index contributed by atoms with van der Waals surface area (Å²) in [7, 11) is -3.74. The zero-order chi connectivity index (χ0) is 17.9. The van der Waals surface area contributed by atoms with E-state index < -0.39 is 10.0 Å². The molecular weight excluding hydrogens is 342 g/mol. The lowest BCUT2D eigenvalue weighted by atomic mass is 10.2. The van der Waals surface area contributed by atoms with Crippen LogP contribution in [0.1, 0.15) is 12.8 Å². The molecular formula is C17H17N3O4S. The second-order valence-electron chi connectivity index (χ2n) is 5.23. The van der Waals surface area contributed by atoms with Crippen molar-refractivity contribution in [3.05, 3.63) is 54.4 Å². The molecule has 8 heteroatoms. The molecule has 0 saturated carbocycles. The summed E-state index contributed by atoms with van der Waals surface area (Å²) in [5.74, 6) is 1.44. The van der Waals surface area contributed by atoms with Crippen molar-refractivity contribution in [1.82, 2.24) is 10.1 Å². The minimum atomic E-state index is -3.74. The van der Waals surface area contributed by atoms with Crippen LogP contribution in [0.3, 0.4) is 0 Å². The Morgan fingerprint density at radius 2 is 1.92 bits per heavy atom. The average molecular weight is 359 g/mol. The van der Waals surface area contributed by atoms with Crippen molar-refractivity contribution in [2.75, 3.05) is 11.3 Å². The van der Waals surface area contributed by atoms with Crippen LogP contribution < -0.4 is 9.46 Å². The van der Waals surface area contributed by atoms with E-state index in [4.69, 9.17) is 9.26 Å². The molecule has 130 valence electrons. The fourth-order valence-corrected chi connectivity index (χ4v) is 3.32. The minimum Gasteiger partial charge on any atom is -0.494 e. The molecule has 1 aromatic heterocycles. The van der Waals surface area contributed by atoms with Crippen molar-refractivity contribution >= 4 is 15.7 Å². The van der Waals surface area contributed by atoms with Gasteiger partial charge in [0.05, 0.1) is 11.5 Å². The first kappa shape index (κ1) is 17.0. The van der Waals surface area contributed by atoms with E-state index in [-0.39, 0.29) is 4.90 Å². The Morgan fingerprint density at radius 3 is 2.56 bits per heavy atom. The number of aromatic nitrogens is 2. The third kappa shape index (κ3) is 3.97. The predicted molar refractivity (Wildman–Crippen MR) is 92.9 cm³/mol. The van der Waals surface area contributed by atoms with Crippen LogP contribution in [0.15, 0.2) is 57.9 Å². The second-order valence-corrected chi connectivity index (χ2v) is 6.91. The van der Waals surface area contributed by atoms with Crippen LogP contribution in [0, 0.1) is 6.92 Å². The summed E-state index contributed by atoms with van der Waals surface area (Å²) in [5.41, 5.74) is 1.01. The van der Waals surface area contributed by atoms with Gasteiger partial charge in [-0.25, -0.2) is 8.42 Å². The van der Waals surface area contributed by atoms with Crippen molar-refractivity contribution in [1.29, 1.82) is 0 Å². The summed E-state index contributed by atoms with van der Waals surface area (Å²) in [6.45, 7) is 4.10. The zero-order valence-corrected chi connectivity index (χ0v) is 14.6. The number of ether oxygens (including phenoxy) is 1. The first-order chi connectivity index (χ1) is 12.0. The quantitative estimate of drug-likeness (QED) is 0.726. The Labute approximate surface area is 145 Å². The van der Waals surface area contributed by atoms with E-state index in [1.54, 1.807) is 43.3 Å². The van der Waals surface area contributed by atoms with Gasteiger partial charge in [0.1, 0.15) is 5.75 Å². The van der Waals surface area contributed by atoms with E-state index in [0.29, 0.717) is 35.3 Å². The molecule has 0 aliphatic carbocycles. The molecule has 2 aromatic carbocycles. The van der Waals surface area contributed by atoms with E-state index in [9.17, 15) is 8.42 Å². The van der Waals surface area contributed by atoms with Gasteiger partial charge in [0, 0.05) is 18.2 Å². The number of anilines is 1. The number of hydrogen-bond donors (Lipinski definition) is 1. The highest BCUT2D eigenvalue weighted by Crippen LogP contribution is 2.23. The summed E-state index contributed by atoms with van der Waals surface area (Å²) in [4.78, 5) is 4.22.